The van der Waals surface area contributed by atoms with E-state index in [0.29, 0.717) is 23.2 Å². The first kappa shape index (κ1) is 18.6. The van der Waals surface area contributed by atoms with Crippen molar-refractivity contribution >= 4 is 5.78 Å². The van der Waals surface area contributed by atoms with Crippen LogP contribution in [-0.4, -0.2) is 18.4 Å². The number of benzene rings is 1. The summed E-state index contributed by atoms with van der Waals surface area (Å²) in [6.45, 7) is 3.54. The number of hydrogen-bond acceptors (Lipinski definition) is 2. The molecule has 1 N–H and O–H groups in total. The van der Waals surface area contributed by atoms with Crippen molar-refractivity contribution in [2.24, 2.45) is 28.6 Å². The van der Waals surface area contributed by atoms with Crippen LogP contribution >= 0.6 is 0 Å². The summed E-state index contributed by atoms with van der Waals surface area (Å²) in [4.78, 5) is 14.0. The number of carbonyl (C=O) groups excluding carboxylic acids is 1. The van der Waals surface area contributed by atoms with Gasteiger partial charge in [-0.25, -0.2) is 0 Å². The molecule has 0 radical (unpaired) electrons. The highest BCUT2D eigenvalue weighted by Gasteiger charge is 2.65. The summed E-state index contributed by atoms with van der Waals surface area (Å²) in [5.74, 6) is 2.88. The van der Waals surface area contributed by atoms with Crippen LogP contribution in [0, 0.1) is 28.6 Å². The van der Waals surface area contributed by atoms with Gasteiger partial charge in [0.15, 0.2) is 0 Å². The SMILES string of the molecule is CCC[C@@]12CC3CC(C(=O)CC4CC5CNC4C5)(C1)C[C@](c1ccccc1)(C3)C2. The van der Waals surface area contributed by atoms with Crippen molar-refractivity contribution in [2.75, 3.05) is 6.54 Å². The molecule has 1 saturated heterocycles. The summed E-state index contributed by atoms with van der Waals surface area (Å²) in [6, 6.07) is 11.9. The fourth-order valence-electron chi connectivity index (χ4n) is 9.53. The normalized spacial score (nSPS) is 47.1. The third kappa shape index (κ3) is 2.81. The van der Waals surface area contributed by atoms with E-state index in [-0.39, 0.29) is 10.8 Å². The molecular formula is C27H37NO. The molecule has 5 saturated carbocycles. The summed E-state index contributed by atoms with van der Waals surface area (Å²) in [7, 11) is 0. The number of ketones is 1. The number of fused-ring (bicyclic) bond motifs is 2. The van der Waals surface area contributed by atoms with Gasteiger partial charge in [-0.2, -0.15) is 0 Å². The van der Waals surface area contributed by atoms with E-state index in [2.05, 4.69) is 42.6 Å². The molecule has 2 heteroatoms. The van der Waals surface area contributed by atoms with E-state index in [0.717, 1.165) is 24.7 Å². The summed E-state index contributed by atoms with van der Waals surface area (Å²) < 4.78 is 0. The van der Waals surface area contributed by atoms with Crippen LogP contribution in [0.1, 0.15) is 83.1 Å². The summed E-state index contributed by atoms with van der Waals surface area (Å²) in [5.41, 5.74) is 2.19. The van der Waals surface area contributed by atoms with Crippen LogP contribution in [0.3, 0.4) is 0 Å². The first-order valence-electron chi connectivity index (χ1n) is 12.4. The molecule has 0 spiro atoms. The van der Waals surface area contributed by atoms with Crippen molar-refractivity contribution in [2.45, 2.75) is 89.0 Å². The molecule has 1 aliphatic heterocycles. The Balaban J connectivity index is 1.34. The van der Waals surface area contributed by atoms with Crippen molar-refractivity contribution in [1.82, 2.24) is 5.32 Å². The number of nitrogens with one attached hydrogen (secondary N) is 1. The zero-order valence-corrected chi connectivity index (χ0v) is 18.1. The van der Waals surface area contributed by atoms with Crippen molar-refractivity contribution in [3.8, 4) is 0 Å². The van der Waals surface area contributed by atoms with Crippen molar-refractivity contribution in [3.05, 3.63) is 35.9 Å². The standard InChI is InChI=1S/C27H37NO/c1-2-8-25-12-20-13-26(16-25,22-6-4-3-5-7-22)18-27(14-20,17-25)24(29)11-21-9-19-10-23(21)28-15-19/h3-7,19-21,23,28H,2,8-18H2,1H3/t19?,20?,21?,23?,25-,26-,27?/m0/s1. The monoisotopic (exact) mass is 391 g/mol. The van der Waals surface area contributed by atoms with Gasteiger partial charge in [-0.15, -0.1) is 0 Å². The Kier molecular flexibility index (Phi) is 4.12. The minimum Gasteiger partial charge on any atom is -0.313 e. The average Bonchev–Trinajstić information content (AvgIpc) is 3.31. The maximum atomic E-state index is 14.0. The molecule has 6 bridgehead atoms. The van der Waals surface area contributed by atoms with Crippen LogP contribution in [0.5, 0.6) is 0 Å². The molecule has 156 valence electrons. The lowest BCUT2D eigenvalue weighted by Crippen LogP contribution is -2.61. The molecule has 29 heavy (non-hydrogen) atoms. The summed E-state index contributed by atoms with van der Waals surface area (Å²) in [6.07, 6.45) is 13.6. The Morgan fingerprint density at radius 3 is 2.62 bits per heavy atom. The van der Waals surface area contributed by atoms with Gasteiger partial charge in [0, 0.05) is 17.9 Å². The molecule has 0 aromatic heterocycles. The van der Waals surface area contributed by atoms with Gasteiger partial charge < -0.3 is 5.32 Å². The minimum absolute atomic E-state index is 0.0216. The zero-order chi connectivity index (χ0) is 19.7. The topological polar surface area (TPSA) is 29.1 Å². The molecule has 5 aliphatic carbocycles. The first-order valence-corrected chi connectivity index (χ1v) is 12.4. The third-order valence-electron chi connectivity index (χ3n) is 9.85. The van der Waals surface area contributed by atoms with E-state index < -0.39 is 0 Å². The smallest absolute Gasteiger partial charge is 0.139 e. The van der Waals surface area contributed by atoms with Gasteiger partial charge in [0.2, 0.25) is 0 Å². The highest BCUT2D eigenvalue weighted by atomic mass is 16.1. The Morgan fingerprint density at radius 1 is 1.03 bits per heavy atom. The molecule has 5 unspecified atom stereocenters. The van der Waals surface area contributed by atoms with E-state index in [4.69, 9.17) is 0 Å². The maximum absolute atomic E-state index is 14.0. The van der Waals surface area contributed by atoms with Crippen LogP contribution in [0.4, 0.5) is 0 Å². The van der Waals surface area contributed by atoms with Crippen molar-refractivity contribution in [3.63, 3.8) is 0 Å². The van der Waals surface area contributed by atoms with Gasteiger partial charge in [0.1, 0.15) is 5.78 Å². The lowest BCUT2D eigenvalue weighted by Gasteiger charge is -2.67. The summed E-state index contributed by atoms with van der Waals surface area (Å²) in [5, 5.41) is 3.69. The molecule has 1 aromatic rings. The average molecular weight is 392 g/mol. The second-order valence-electron chi connectivity index (χ2n) is 11.9. The predicted octanol–water partition coefficient (Wildman–Crippen LogP) is 5.65. The molecule has 1 heterocycles. The molecule has 7 atom stereocenters. The van der Waals surface area contributed by atoms with E-state index in [1.807, 2.05) is 0 Å². The van der Waals surface area contributed by atoms with Gasteiger partial charge in [-0.3, -0.25) is 4.79 Å². The van der Waals surface area contributed by atoms with Gasteiger partial charge in [0.25, 0.3) is 0 Å². The van der Waals surface area contributed by atoms with Crippen LogP contribution in [-0.2, 0) is 10.2 Å². The Bertz CT molecular complexity index is 804. The predicted molar refractivity (Wildman–Crippen MR) is 117 cm³/mol. The number of hydrogen-bond donors (Lipinski definition) is 1. The van der Waals surface area contributed by atoms with E-state index in [1.54, 1.807) is 0 Å². The molecule has 6 aliphatic rings. The second kappa shape index (κ2) is 6.42. The minimum atomic E-state index is -0.0216. The van der Waals surface area contributed by atoms with Crippen LogP contribution < -0.4 is 5.32 Å². The quantitative estimate of drug-likeness (QED) is 0.679. The van der Waals surface area contributed by atoms with Crippen LogP contribution in [0.15, 0.2) is 30.3 Å². The van der Waals surface area contributed by atoms with Crippen LogP contribution in [0.2, 0.25) is 0 Å². The Hall–Kier alpha value is -1.15. The Morgan fingerprint density at radius 2 is 1.90 bits per heavy atom. The fraction of sp³-hybridized carbons (Fsp3) is 0.741. The van der Waals surface area contributed by atoms with Crippen molar-refractivity contribution < 1.29 is 4.79 Å². The first-order chi connectivity index (χ1) is 14.0. The highest BCUT2D eigenvalue weighted by molar-refractivity contribution is 5.86. The Labute approximate surface area is 176 Å². The fourth-order valence-corrected chi connectivity index (χ4v) is 9.53. The molecule has 0 amide bonds. The number of piperidine rings is 1. The summed E-state index contributed by atoms with van der Waals surface area (Å²) >= 11 is 0. The van der Waals surface area contributed by atoms with Crippen molar-refractivity contribution in [1.29, 1.82) is 0 Å². The lowest BCUT2D eigenvalue weighted by atomic mass is 9.37. The number of Topliss-reactive ketones (excluding diaryl/α,β-unsaturated/α-hetero) is 1. The second-order valence-corrected chi connectivity index (χ2v) is 11.9. The van der Waals surface area contributed by atoms with E-state index >= 15 is 0 Å². The van der Waals surface area contributed by atoms with E-state index in [9.17, 15) is 4.79 Å². The zero-order valence-electron chi connectivity index (χ0n) is 18.1. The number of rotatable bonds is 6. The lowest BCUT2D eigenvalue weighted by molar-refractivity contribution is -0.162. The highest BCUT2D eigenvalue weighted by Crippen LogP contribution is 2.71. The largest absolute Gasteiger partial charge is 0.313 e. The van der Waals surface area contributed by atoms with E-state index in [1.165, 1.54) is 69.9 Å². The van der Waals surface area contributed by atoms with Gasteiger partial charge >= 0.3 is 0 Å². The molecular weight excluding hydrogens is 354 g/mol. The molecule has 6 fully saturated rings. The van der Waals surface area contributed by atoms with Gasteiger partial charge in [-0.1, -0.05) is 43.7 Å². The van der Waals surface area contributed by atoms with Gasteiger partial charge in [-0.05, 0) is 98.5 Å². The molecule has 2 nitrogen and oxygen atoms in total. The van der Waals surface area contributed by atoms with Crippen LogP contribution in [0.25, 0.3) is 0 Å². The molecule has 1 aromatic carbocycles. The number of carbonyl (C=O) groups is 1. The maximum Gasteiger partial charge on any atom is 0.139 e. The molecule has 7 rings (SSSR count). The third-order valence-corrected chi connectivity index (χ3v) is 9.85. The van der Waals surface area contributed by atoms with Gasteiger partial charge in [0.05, 0.1) is 0 Å².